The molecule has 1 atom stereocenters. The lowest BCUT2D eigenvalue weighted by Gasteiger charge is -2.25. The van der Waals surface area contributed by atoms with Gasteiger partial charge in [0.05, 0.1) is 0 Å². The zero-order valence-electron chi connectivity index (χ0n) is 12.0. The molecule has 1 aromatic rings. The highest BCUT2D eigenvalue weighted by Gasteiger charge is 2.19. The lowest BCUT2D eigenvalue weighted by molar-refractivity contribution is 0.243. The molecule has 0 bridgehead atoms. The maximum absolute atomic E-state index is 3.62. The molecule has 1 unspecified atom stereocenters. The van der Waals surface area contributed by atoms with Crippen molar-refractivity contribution in [2.24, 2.45) is 0 Å². The lowest BCUT2D eigenvalue weighted by atomic mass is 10.1. The van der Waals surface area contributed by atoms with Crippen molar-refractivity contribution < 1.29 is 0 Å². The van der Waals surface area contributed by atoms with Crippen LogP contribution < -0.4 is 5.32 Å². The van der Waals surface area contributed by atoms with Crippen LogP contribution in [0, 0.1) is 0 Å². The number of rotatable bonds is 6. The van der Waals surface area contributed by atoms with Gasteiger partial charge in [0.1, 0.15) is 0 Å². The summed E-state index contributed by atoms with van der Waals surface area (Å²) in [6.45, 7) is 4.42. The largest absolute Gasteiger partial charge is 0.309 e. The predicted molar refractivity (Wildman–Crippen MR) is 85.4 cm³/mol. The van der Waals surface area contributed by atoms with Crippen LogP contribution in [-0.2, 0) is 0 Å². The van der Waals surface area contributed by atoms with E-state index in [2.05, 4.69) is 64.4 Å². The zero-order valence-corrected chi connectivity index (χ0v) is 13.6. The van der Waals surface area contributed by atoms with Gasteiger partial charge in [0.15, 0.2) is 0 Å². The van der Waals surface area contributed by atoms with Crippen molar-refractivity contribution >= 4 is 15.9 Å². The quantitative estimate of drug-likeness (QED) is 0.851. The molecule has 1 N–H and O–H groups in total. The van der Waals surface area contributed by atoms with E-state index in [1.807, 2.05) is 0 Å². The second-order valence-electron chi connectivity index (χ2n) is 5.62. The third-order valence-electron chi connectivity index (χ3n) is 4.23. The van der Waals surface area contributed by atoms with Crippen molar-refractivity contribution in [3.05, 3.63) is 34.3 Å². The van der Waals surface area contributed by atoms with E-state index in [0.717, 1.165) is 19.1 Å². The molecule has 1 fully saturated rings. The first kappa shape index (κ1) is 15.0. The lowest BCUT2D eigenvalue weighted by Crippen LogP contribution is -2.36. The number of nitrogens with one attached hydrogen (secondary N) is 1. The van der Waals surface area contributed by atoms with E-state index in [9.17, 15) is 0 Å². The van der Waals surface area contributed by atoms with Crippen LogP contribution in [0.2, 0.25) is 0 Å². The van der Waals surface area contributed by atoms with Crippen molar-refractivity contribution in [3.8, 4) is 0 Å². The first-order valence-corrected chi connectivity index (χ1v) is 8.16. The van der Waals surface area contributed by atoms with Crippen LogP contribution in [-0.4, -0.2) is 31.1 Å². The van der Waals surface area contributed by atoms with Gasteiger partial charge in [-0.1, -0.05) is 47.0 Å². The standard InChI is InChI=1S/C16H25BrN2/c1-13(15-9-5-6-10-16(15)17)18-11-12-19(2)14-7-3-4-8-14/h5-6,9-10,13-14,18H,3-4,7-8,11-12H2,1-2H3. The third kappa shape index (κ3) is 4.30. The molecule has 1 saturated carbocycles. The fourth-order valence-corrected chi connectivity index (χ4v) is 3.55. The van der Waals surface area contributed by atoms with Gasteiger partial charge in [0, 0.05) is 29.6 Å². The van der Waals surface area contributed by atoms with Crippen molar-refractivity contribution in [2.45, 2.75) is 44.7 Å². The average Bonchev–Trinajstić information content (AvgIpc) is 2.93. The number of benzene rings is 1. The zero-order chi connectivity index (χ0) is 13.7. The summed E-state index contributed by atoms with van der Waals surface area (Å²) in [5.41, 5.74) is 1.34. The third-order valence-corrected chi connectivity index (χ3v) is 4.96. The van der Waals surface area contributed by atoms with Gasteiger partial charge in [0.25, 0.3) is 0 Å². The highest BCUT2D eigenvalue weighted by molar-refractivity contribution is 9.10. The van der Waals surface area contributed by atoms with E-state index in [1.165, 1.54) is 35.7 Å². The van der Waals surface area contributed by atoms with E-state index in [-0.39, 0.29) is 0 Å². The van der Waals surface area contributed by atoms with E-state index in [1.54, 1.807) is 0 Å². The molecular weight excluding hydrogens is 300 g/mol. The molecule has 106 valence electrons. The van der Waals surface area contributed by atoms with Gasteiger partial charge in [-0.25, -0.2) is 0 Å². The fourth-order valence-electron chi connectivity index (χ4n) is 2.92. The van der Waals surface area contributed by atoms with E-state index < -0.39 is 0 Å². The Morgan fingerprint density at radius 2 is 2.00 bits per heavy atom. The van der Waals surface area contributed by atoms with Crippen LogP contribution in [0.25, 0.3) is 0 Å². The number of nitrogens with zero attached hydrogens (tertiary/aromatic N) is 1. The maximum Gasteiger partial charge on any atom is 0.0303 e. The molecule has 0 aliphatic heterocycles. The van der Waals surface area contributed by atoms with Gasteiger partial charge in [-0.15, -0.1) is 0 Å². The monoisotopic (exact) mass is 324 g/mol. The number of likely N-dealkylation sites (N-methyl/N-ethyl adjacent to an activating group) is 1. The molecule has 2 rings (SSSR count). The Bertz CT molecular complexity index is 388. The molecule has 0 radical (unpaired) electrons. The maximum atomic E-state index is 3.62. The summed E-state index contributed by atoms with van der Waals surface area (Å²) in [5.74, 6) is 0. The summed E-state index contributed by atoms with van der Waals surface area (Å²) in [4.78, 5) is 2.52. The van der Waals surface area contributed by atoms with Gasteiger partial charge in [-0.05, 0) is 38.4 Å². The fraction of sp³-hybridized carbons (Fsp3) is 0.625. The summed E-state index contributed by atoms with van der Waals surface area (Å²) < 4.78 is 1.19. The van der Waals surface area contributed by atoms with Gasteiger partial charge in [0.2, 0.25) is 0 Å². The molecule has 2 nitrogen and oxygen atoms in total. The Balaban J connectivity index is 1.74. The van der Waals surface area contributed by atoms with Crippen molar-refractivity contribution in [2.75, 3.05) is 20.1 Å². The molecule has 0 aromatic heterocycles. The number of hydrogen-bond acceptors (Lipinski definition) is 2. The average molecular weight is 325 g/mol. The number of hydrogen-bond donors (Lipinski definition) is 1. The minimum absolute atomic E-state index is 0.396. The van der Waals surface area contributed by atoms with Gasteiger partial charge < -0.3 is 10.2 Å². The van der Waals surface area contributed by atoms with Crippen molar-refractivity contribution in [3.63, 3.8) is 0 Å². The first-order valence-electron chi connectivity index (χ1n) is 7.36. The Morgan fingerprint density at radius 3 is 2.68 bits per heavy atom. The van der Waals surface area contributed by atoms with E-state index in [4.69, 9.17) is 0 Å². The van der Waals surface area contributed by atoms with Crippen LogP contribution in [0.1, 0.15) is 44.2 Å². The summed E-state index contributed by atoms with van der Waals surface area (Å²) in [5, 5.41) is 3.62. The van der Waals surface area contributed by atoms with Crippen molar-refractivity contribution in [1.82, 2.24) is 10.2 Å². The number of halogens is 1. The highest BCUT2D eigenvalue weighted by atomic mass is 79.9. The van der Waals surface area contributed by atoms with Crippen molar-refractivity contribution in [1.29, 1.82) is 0 Å². The Labute approximate surface area is 125 Å². The summed E-state index contributed by atoms with van der Waals surface area (Å²) >= 11 is 3.62. The second kappa shape index (κ2) is 7.41. The van der Waals surface area contributed by atoms with Crippen LogP contribution >= 0.6 is 15.9 Å². The van der Waals surface area contributed by atoms with E-state index >= 15 is 0 Å². The molecule has 3 heteroatoms. The van der Waals surface area contributed by atoms with Gasteiger partial charge in [-0.3, -0.25) is 0 Å². The molecule has 0 saturated heterocycles. The van der Waals surface area contributed by atoms with Gasteiger partial charge in [-0.2, -0.15) is 0 Å². The van der Waals surface area contributed by atoms with Crippen LogP contribution in [0.15, 0.2) is 28.7 Å². The molecule has 1 aromatic carbocycles. The predicted octanol–water partition coefficient (Wildman–Crippen LogP) is 3.97. The molecule has 0 spiro atoms. The van der Waals surface area contributed by atoms with Crippen LogP contribution in [0.4, 0.5) is 0 Å². The van der Waals surface area contributed by atoms with E-state index in [0.29, 0.717) is 6.04 Å². The minimum atomic E-state index is 0.396. The SMILES string of the molecule is CC(NCCN(C)C1CCCC1)c1ccccc1Br. The summed E-state index contributed by atoms with van der Waals surface area (Å²) in [6.07, 6.45) is 5.60. The van der Waals surface area contributed by atoms with Gasteiger partial charge >= 0.3 is 0 Å². The minimum Gasteiger partial charge on any atom is -0.309 e. The Kier molecular flexibility index (Phi) is 5.86. The molecule has 1 aliphatic carbocycles. The smallest absolute Gasteiger partial charge is 0.0303 e. The molecule has 19 heavy (non-hydrogen) atoms. The molecule has 0 amide bonds. The van der Waals surface area contributed by atoms with Crippen LogP contribution in [0.5, 0.6) is 0 Å². The normalized spacial score (nSPS) is 18.1. The Hall–Kier alpha value is -0.380. The highest BCUT2D eigenvalue weighted by Crippen LogP contribution is 2.23. The molecular formula is C16H25BrN2. The molecule has 1 aliphatic rings. The summed E-state index contributed by atoms with van der Waals surface area (Å²) in [6, 6.07) is 9.67. The second-order valence-corrected chi connectivity index (χ2v) is 6.47. The molecule has 0 heterocycles. The first-order chi connectivity index (χ1) is 9.18. The summed E-state index contributed by atoms with van der Waals surface area (Å²) in [7, 11) is 2.26. The van der Waals surface area contributed by atoms with Crippen LogP contribution in [0.3, 0.4) is 0 Å². The topological polar surface area (TPSA) is 15.3 Å². The Morgan fingerprint density at radius 1 is 1.32 bits per heavy atom.